The average Bonchev–Trinajstić information content (AvgIpc) is 3.06. The van der Waals surface area contributed by atoms with Crippen molar-refractivity contribution in [1.82, 2.24) is 24.7 Å². The molecule has 27 heavy (non-hydrogen) atoms. The number of rotatable bonds is 5. The Hall–Kier alpha value is -2.05. The summed E-state index contributed by atoms with van der Waals surface area (Å²) in [5.74, 6) is 0.821. The Morgan fingerprint density at radius 2 is 1.96 bits per heavy atom. The molecule has 1 saturated heterocycles. The van der Waals surface area contributed by atoms with Crippen molar-refractivity contribution >= 4 is 11.9 Å². The largest absolute Gasteiger partial charge is 0.355 e. The van der Waals surface area contributed by atoms with Crippen LogP contribution in [0.2, 0.25) is 0 Å². The molecule has 1 N–H and O–H groups in total. The van der Waals surface area contributed by atoms with Crippen LogP contribution in [0.3, 0.4) is 0 Å². The van der Waals surface area contributed by atoms with E-state index in [1.54, 1.807) is 0 Å². The molecule has 3 aliphatic rings. The summed E-state index contributed by atoms with van der Waals surface area (Å²) in [7, 11) is 3.94. The predicted octanol–water partition coefficient (Wildman–Crippen LogP) is 1.96. The van der Waals surface area contributed by atoms with Crippen molar-refractivity contribution in [2.45, 2.75) is 50.5 Å². The lowest BCUT2D eigenvalue weighted by Gasteiger charge is -2.29. The number of likely N-dealkylation sites (tertiary alicyclic amines) is 1. The Morgan fingerprint density at radius 1 is 1.22 bits per heavy atom. The van der Waals surface area contributed by atoms with E-state index in [0.717, 1.165) is 31.4 Å². The number of amides is 3. The quantitative estimate of drug-likeness (QED) is 0.858. The van der Waals surface area contributed by atoms with Crippen LogP contribution in [0.5, 0.6) is 0 Å². The molecule has 0 bridgehead atoms. The summed E-state index contributed by atoms with van der Waals surface area (Å²) < 4.78 is 2.04. The standard InChI is InChI=1S/C20H31N5O2/c1-23-13-21-10-18(23)17-12-25(20(27)24(2)16-5-3-4-6-16)11-15(17)9-22-19(26)14-7-8-14/h10,13-17H,3-9,11-12H2,1-2H3,(H,22,26)/t15-,17-/m1/s1. The van der Waals surface area contributed by atoms with Gasteiger partial charge in [-0.3, -0.25) is 4.79 Å². The fourth-order valence-corrected chi connectivity index (χ4v) is 4.69. The monoisotopic (exact) mass is 373 g/mol. The molecule has 1 aromatic heterocycles. The van der Waals surface area contributed by atoms with Crippen LogP contribution >= 0.6 is 0 Å². The number of aromatic nitrogens is 2. The number of hydrogen-bond donors (Lipinski definition) is 1. The molecule has 0 spiro atoms. The fraction of sp³-hybridized carbons (Fsp3) is 0.750. The molecule has 1 aliphatic heterocycles. The van der Waals surface area contributed by atoms with Gasteiger partial charge in [-0.15, -0.1) is 0 Å². The average molecular weight is 374 g/mol. The number of carbonyl (C=O) groups excluding carboxylic acids is 2. The molecule has 2 heterocycles. The molecule has 148 valence electrons. The summed E-state index contributed by atoms with van der Waals surface area (Å²) in [6, 6.07) is 0.506. The molecular weight excluding hydrogens is 342 g/mol. The summed E-state index contributed by atoms with van der Waals surface area (Å²) in [4.78, 5) is 33.4. The Kier molecular flexibility index (Phi) is 5.10. The molecule has 0 aromatic carbocycles. The first-order valence-corrected chi connectivity index (χ1v) is 10.3. The van der Waals surface area contributed by atoms with Gasteiger partial charge >= 0.3 is 6.03 Å². The van der Waals surface area contributed by atoms with E-state index in [1.165, 1.54) is 12.8 Å². The van der Waals surface area contributed by atoms with E-state index < -0.39 is 0 Å². The van der Waals surface area contributed by atoms with Gasteiger partial charge < -0.3 is 19.7 Å². The number of nitrogens with one attached hydrogen (secondary N) is 1. The van der Waals surface area contributed by atoms with Crippen molar-refractivity contribution in [1.29, 1.82) is 0 Å². The van der Waals surface area contributed by atoms with Gasteiger partial charge in [-0.2, -0.15) is 0 Å². The van der Waals surface area contributed by atoms with E-state index in [2.05, 4.69) is 10.3 Å². The molecule has 7 heteroatoms. The summed E-state index contributed by atoms with van der Waals surface area (Å²) >= 11 is 0. The van der Waals surface area contributed by atoms with E-state index in [-0.39, 0.29) is 29.7 Å². The Balaban J connectivity index is 1.45. The van der Waals surface area contributed by atoms with Gasteiger partial charge in [0.05, 0.1) is 6.33 Å². The third-order valence-electron chi connectivity index (χ3n) is 6.61. The number of hydrogen-bond acceptors (Lipinski definition) is 3. The zero-order valence-corrected chi connectivity index (χ0v) is 16.4. The fourth-order valence-electron chi connectivity index (χ4n) is 4.69. The Morgan fingerprint density at radius 3 is 2.59 bits per heavy atom. The van der Waals surface area contributed by atoms with Crippen LogP contribution in [0, 0.1) is 11.8 Å². The number of urea groups is 1. The zero-order chi connectivity index (χ0) is 19.0. The third-order valence-corrected chi connectivity index (χ3v) is 6.61. The predicted molar refractivity (Wildman–Crippen MR) is 102 cm³/mol. The maximum Gasteiger partial charge on any atom is 0.320 e. The first-order valence-electron chi connectivity index (χ1n) is 10.3. The van der Waals surface area contributed by atoms with Crippen LogP contribution in [-0.2, 0) is 11.8 Å². The number of carbonyl (C=O) groups is 2. The van der Waals surface area contributed by atoms with E-state index in [4.69, 9.17) is 0 Å². The molecular formula is C20H31N5O2. The van der Waals surface area contributed by atoms with Crippen LogP contribution in [0.1, 0.15) is 50.1 Å². The molecule has 2 aliphatic carbocycles. The lowest BCUT2D eigenvalue weighted by Crippen LogP contribution is -2.44. The lowest BCUT2D eigenvalue weighted by molar-refractivity contribution is -0.122. The molecule has 0 radical (unpaired) electrons. The summed E-state index contributed by atoms with van der Waals surface area (Å²) in [5, 5.41) is 3.12. The van der Waals surface area contributed by atoms with Crippen molar-refractivity contribution < 1.29 is 9.59 Å². The number of imidazole rings is 1. The summed E-state index contributed by atoms with van der Waals surface area (Å²) in [5.41, 5.74) is 1.14. The van der Waals surface area contributed by atoms with Gasteiger partial charge in [-0.1, -0.05) is 12.8 Å². The van der Waals surface area contributed by atoms with Crippen LogP contribution in [0.25, 0.3) is 0 Å². The van der Waals surface area contributed by atoms with Crippen molar-refractivity contribution in [3.63, 3.8) is 0 Å². The second-order valence-electron chi connectivity index (χ2n) is 8.55. The minimum absolute atomic E-state index is 0.130. The maximum atomic E-state index is 13.1. The molecule has 7 nitrogen and oxygen atoms in total. The zero-order valence-electron chi connectivity index (χ0n) is 16.4. The van der Waals surface area contributed by atoms with Crippen LogP contribution < -0.4 is 5.32 Å². The van der Waals surface area contributed by atoms with E-state index >= 15 is 0 Å². The highest BCUT2D eigenvalue weighted by molar-refractivity contribution is 5.80. The Labute approximate surface area is 161 Å². The SMILES string of the molecule is CN(C(=O)N1C[C@@H](CNC(=O)C2CC2)[C@H](c2cncn2C)C1)C1CCCC1. The second-order valence-corrected chi connectivity index (χ2v) is 8.55. The minimum atomic E-state index is 0.130. The summed E-state index contributed by atoms with van der Waals surface area (Å²) in [6.07, 6.45) is 10.4. The number of nitrogens with zero attached hydrogens (tertiary/aromatic N) is 4. The lowest BCUT2D eigenvalue weighted by atomic mass is 9.93. The van der Waals surface area contributed by atoms with Gasteiger partial charge in [0.2, 0.25) is 5.91 Å². The van der Waals surface area contributed by atoms with Gasteiger partial charge in [-0.25, -0.2) is 9.78 Å². The molecule has 3 fully saturated rings. The molecule has 2 saturated carbocycles. The first kappa shape index (κ1) is 18.3. The van der Waals surface area contributed by atoms with E-state index in [1.807, 2.05) is 41.0 Å². The van der Waals surface area contributed by atoms with Crippen molar-refractivity contribution in [3.8, 4) is 0 Å². The van der Waals surface area contributed by atoms with Gasteiger partial charge in [0.1, 0.15) is 0 Å². The van der Waals surface area contributed by atoms with Crippen LogP contribution in [0.4, 0.5) is 4.79 Å². The highest BCUT2D eigenvalue weighted by Gasteiger charge is 2.40. The molecule has 0 unspecified atom stereocenters. The highest BCUT2D eigenvalue weighted by atomic mass is 16.2. The third kappa shape index (κ3) is 3.82. The second kappa shape index (κ2) is 7.52. The minimum Gasteiger partial charge on any atom is -0.355 e. The van der Waals surface area contributed by atoms with Crippen molar-refractivity contribution in [2.24, 2.45) is 18.9 Å². The molecule has 3 amide bonds. The van der Waals surface area contributed by atoms with Crippen molar-refractivity contribution in [3.05, 3.63) is 18.2 Å². The van der Waals surface area contributed by atoms with E-state index in [9.17, 15) is 9.59 Å². The molecule has 1 aromatic rings. The maximum absolute atomic E-state index is 13.1. The van der Waals surface area contributed by atoms with E-state index in [0.29, 0.717) is 25.7 Å². The van der Waals surface area contributed by atoms with Crippen molar-refractivity contribution in [2.75, 3.05) is 26.7 Å². The van der Waals surface area contributed by atoms with Gasteiger partial charge in [0, 0.05) is 69.4 Å². The molecule has 2 atom stereocenters. The molecule has 4 rings (SSSR count). The van der Waals surface area contributed by atoms with Gasteiger partial charge in [0.25, 0.3) is 0 Å². The topological polar surface area (TPSA) is 70.5 Å². The first-order chi connectivity index (χ1) is 13.0. The smallest absolute Gasteiger partial charge is 0.320 e. The summed E-state index contributed by atoms with van der Waals surface area (Å²) in [6.45, 7) is 2.01. The Bertz CT molecular complexity index is 692. The van der Waals surface area contributed by atoms with Gasteiger partial charge in [0.15, 0.2) is 0 Å². The van der Waals surface area contributed by atoms with Gasteiger partial charge in [-0.05, 0) is 25.7 Å². The highest BCUT2D eigenvalue weighted by Crippen LogP contribution is 2.34. The van der Waals surface area contributed by atoms with Crippen LogP contribution in [-0.4, -0.2) is 64.0 Å². The van der Waals surface area contributed by atoms with Crippen LogP contribution in [0.15, 0.2) is 12.5 Å². The number of aryl methyl sites for hydroxylation is 1. The normalized spacial score (nSPS) is 25.8.